The van der Waals surface area contributed by atoms with Crippen LogP contribution in [0.1, 0.15) is 17.5 Å². The fraction of sp³-hybridized carbons (Fsp3) is 0.143. The monoisotopic (exact) mass is 370 g/mol. The van der Waals surface area contributed by atoms with Crippen molar-refractivity contribution in [2.45, 2.75) is 13.0 Å². The minimum absolute atomic E-state index is 0.0230. The van der Waals surface area contributed by atoms with E-state index in [0.29, 0.717) is 4.67 Å². The molecule has 0 aliphatic carbocycles. The summed E-state index contributed by atoms with van der Waals surface area (Å²) in [6.45, 7) is 1.43. The quantitative estimate of drug-likeness (QED) is 0.809. The van der Waals surface area contributed by atoms with Gasteiger partial charge in [-0.25, -0.2) is 4.39 Å². The van der Waals surface area contributed by atoms with Crippen LogP contribution in [0.15, 0.2) is 45.5 Å². The summed E-state index contributed by atoms with van der Waals surface area (Å²) in [6.07, 6.45) is -1.000. The molecule has 1 heterocycles. The van der Waals surface area contributed by atoms with E-state index in [1.807, 2.05) is 0 Å². The van der Waals surface area contributed by atoms with Gasteiger partial charge in [0.25, 0.3) is 5.91 Å². The van der Waals surface area contributed by atoms with Crippen LogP contribution in [0.3, 0.4) is 0 Å². The Bertz CT molecular complexity index is 689. The second-order valence-electron chi connectivity index (χ2n) is 4.24. The molecule has 0 aliphatic heterocycles. The van der Waals surface area contributed by atoms with Crippen molar-refractivity contribution in [1.82, 2.24) is 10.9 Å². The van der Waals surface area contributed by atoms with Crippen LogP contribution in [-0.2, 0) is 4.79 Å². The molecular weight excluding hydrogens is 359 g/mol. The van der Waals surface area contributed by atoms with Crippen molar-refractivity contribution in [2.24, 2.45) is 0 Å². The predicted molar refractivity (Wildman–Crippen MR) is 78.5 cm³/mol. The van der Waals surface area contributed by atoms with Crippen LogP contribution in [0.5, 0.6) is 5.75 Å². The van der Waals surface area contributed by atoms with Gasteiger partial charge in [-0.1, -0.05) is 12.1 Å². The lowest BCUT2D eigenvalue weighted by atomic mass is 10.3. The molecule has 1 aromatic heterocycles. The van der Waals surface area contributed by atoms with Gasteiger partial charge < -0.3 is 9.15 Å². The molecule has 0 bridgehead atoms. The summed E-state index contributed by atoms with van der Waals surface area (Å²) >= 11 is 3.06. The average Bonchev–Trinajstić information content (AvgIpc) is 2.93. The van der Waals surface area contributed by atoms with Crippen molar-refractivity contribution < 1.29 is 23.1 Å². The Balaban J connectivity index is 1.86. The molecule has 0 spiro atoms. The minimum Gasteiger partial charge on any atom is -0.478 e. The Morgan fingerprint density at radius 1 is 1.23 bits per heavy atom. The third kappa shape index (κ3) is 4.08. The van der Waals surface area contributed by atoms with E-state index in [2.05, 4.69) is 26.8 Å². The fourth-order valence-electron chi connectivity index (χ4n) is 1.50. The number of furan rings is 1. The first-order valence-electron chi connectivity index (χ1n) is 6.24. The van der Waals surface area contributed by atoms with Gasteiger partial charge in [0.15, 0.2) is 28.1 Å². The highest BCUT2D eigenvalue weighted by molar-refractivity contribution is 9.10. The molecule has 1 unspecified atom stereocenters. The summed E-state index contributed by atoms with van der Waals surface area (Å²) < 4.78 is 24.0. The molecule has 22 heavy (non-hydrogen) atoms. The standard InChI is InChI=1S/C14H12BrFN2O4/c1-8(21-10-5-3-2-4-9(10)16)13(19)17-18-14(20)11-6-7-12(15)22-11/h2-8H,1H3,(H,17,19)(H,18,20). The van der Waals surface area contributed by atoms with Crippen molar-refractivity contribution in [1.29, 1.82) is 0 Å². The van der Waals surface area contributed by atoms with Crippen LogP contribution in [0.4, 0.5) is 4.39 Å². The fourth-order valence-corrected chi connectivity index (χ4v) is 1.81. The molecule has 2 N–H and O–H groups in total. The zero-order valence-corrected chi connectivity index (χ0v) is 13.0. The molecule has 2 amide bonds. The molecule has 0 saturated heterocycles. The lowest BCUT2D eigenvalue weighted by Gasteiger charge is -2.15. The number of halogens is 2. The molecule has 2 rings (SSSR count). The number of ether oxygens (including phenoxy) is 1. The molecule has 0 saturated carbocycles. The lowest BCUT2D eigenvalue weighted by molar-refractivity contribution is -0.128. The third-order valence-corrected chi connectivity index (χ3v) is 3.03. The summed E-state index contributed by atoms with van der Waals surface area (Å²) in [5.74, 6) is -1.87. The zero-order chi connectivity index (χ0) is 16.1. The number of para-hydroxylation sites is 1. The molecule has 116 valence electrons. The minimum atomic E-state index is -1.000. The van der Waals surface area contributed by atoms with Crippen molar-refractivity contribution in [3.63, 3.8) is 0 Å². The second kappa shape index (κ2) is 7.08. The van der Waals surface area contributed by atoms with Crippen LogP contribution in [0, 0.1) is 5.82 Å². The number of carbonyl (C=O) groups is 2. The normalized spacial score (nSPS) is 11.6. The molecule has 1 atom stereocenters. The van der Waals surface area contributed by atoms with Gasteiger partial charge in [0.1, 0.15) is 0 Å². The van der Waals surface area contributed by atoms with Gasteiger partial charge in [0, 0.05) is 0 Å². The van der Waals surface area contributed by atoms with Crippen molar-refractivity contribution in [3.05, 3.63) is 52.6 Å². The van der Waals surface area contributed by atoms with Gasteiger partial charge in [-0.05, 0) is 47.1 Å². The lowest BCUT2D eigenvalue weighted by Crippen LogP contribution is -2.47. The van der Waals surface area contributed by atoms with E-state index in [1.54, 1.807) is 12.1 Å². The molecule has 0 radical (unpaired) electrons. The number of rotatable bonds is 4. The molecule has 0 aliphatic rings. The number of carbonyl (C=O) groups excluding carboxylic acids is 2. The number of amides is 2. The third-order valence-electron chi connectivity index (χ3n) is 2.61. The Kier molecular flexibility index (Phi) is 5.16. The van der Waals surface area contributed by atoms with E-state index >= 15 is 0 Å². The van der Waals surface area contributed by atoms with E-state index in [0.717, 1.165) is 0 Å². The molecule has 1 aromatic carbocycles. The van der Waals surface area contributed by atoms with E-state index in [-0.39, 0.29) is 11.5 Å². The van der Waals surface area contributed by atoms with Gasteiger partial charge in [0.2, 0.25) is 0 Å². The summed E-state index contributed by atoms with van der Waals surface area (Å²) in [5, 5.41) is 0. The van der Waals surface area contributed by atoms with Crippen molar-refractivity contribution in [3.8, 4) is 5.75 Å². The second-order valence-corrected chi connectivity index (χ2v) is 5.02. The summed E-state index contributed by atoms with van der Waals surface area (Å²) in [5.41, 5.74) is 4.33. The summed E-state index contributed by atoms with van der Waals surface area (Å²) in [6, 6.07) is 8.69. The van der Waals surface area contributed by atoms with Gasteiger partial charge in [0.05, 0.1) is 0 Å². The van der Waals surface area contributed by atoms with Crippen LogP contribution in [-0.4, -0.2) is 17.9 Å². The smallest absolute Gasteiger partial charge is 0.305 e. The van der Waals surface area contributed by atoms with Crippen molar-refractivity contribution in [2.75, 3.05) is 0 Å². The van der Waals surface area contributed by atoms with Crippen LogP contribution >= 0.6 is 15.9 Å². The van der Waals surface area contributed by atoms with Gasteiger partial charge in [-0.3, -0.25) is 20.4 Å². The van der Waals surface area contributed by atoms with Crippen LogP contribution in [0.2, 0.25) is 0 Å². The maximum Gasteiger partial charge on any atom is 0.305 e. The maximum absolute atomic E-state index is 13.4. The molecular formula is C14H12BrFN2O4. The van der Waals surface area contributed by atoms with Crippen LogP contribution < -0.4 is 15.6 Å². The number of benzene rings is 1. The number of hydrogen-bond acceptors (Lipinski definition) is 4. The number of nitrogens with one attached hydrogen (secondary N) is 2. The number of hydrazine groups is 1. The van der Waals surface area contributed by atoms with Crippen LogP contribution in [0.25, 0.3) is 0 Å². The Morgan fingerprint density at radius 3 is 2.59 bits per heavy atom. The van der Waals surface area contributed by atoms with E-state index in [1.165, 1.54) is 31.2 Å². The van der Waals surface area contributed by atoms with Gasteiger partial charge in [-0.15, -0.1) is 0 Å². The Hall–Kier alpha value is -2.35. The SMILES string of the molecule is CC(Oc1ccccc1F)C(=O)NNC(=O)c1ccc(Br)o1. The predicted octanol–water partition coefficient (Wildman–Crippen LogP) is 2.41. The van der Waals surface area contributed by atoms with E-state index in [4.69, 9.17) is 9.15 Å². The largest absolute Gasteiger partial charge is 0.478 e. The van der Waals surface area contributed by atoms with Gasteiger partial charge >= 0.3 is 5.91 Å². The molecule has 0 fully saturated rings. The first-order chi connectivity index (χ1) is 10.5. The summed E-state index contributed by atoms with van der Waals surface area (Å²) in [4.78, 5) is 23.4. The van der Waals surface area contributed by atoms with Crippen molar-refractivity contribution >= 4 is 27.7 Å². The first kappa shape index (κ1) is 16.0. The molecule has 6 nitrogen and oxygen atoms in total. The maximum atomic E-state index is 13.4. The number of hydrogen-bond donors (Lipinski definition) is 2. The highest BCUT2D eigenvalue weighted by atomic mass is 79.9. The molecule has 2 aromatic rings. The topological polar surface area (TPSA) is 80.6 Å². The summed E-state index contributed by atoms with van der Waals surface area (Å²) in [7, 11) is 0. The Morgan fingerprint density at radius 2 is 1.95 bits per heavy atom. The van der Waals surface area contributed by atoms with E-state index < -0.39 is 23.7 Å². The molecule has 8 heteroatoms. The highest BCUT2D eigenvalue weighted by Crippen LogP contribution is 2.17. The average molecular weight is 371 g/mol. The highest BCUT2D eigenvalue weighted by Gasteiger charge is 2.18. The zero-order valence-electron chi connectivity index (χ0n) is 11.4. The Labute approximate surface area is 133 Å². The van der Waals surface area contributed by atoms with Gasteiger partial charge in [-0.2, -0.15) is 0 Å². The van der Waals surface area contributed by atoms with E-state index in [9.17, 15) is 14.0 Å². The first-order valence-corrected chi connectivity index (χ1v) is 7.03.